The first-order chi connectivity index (χ1) is 11.4. The molecule has 0 heterocycles. The van der Waals surface area contributed by atoms with Crippen LogP contribution in [-0.4, -0.2) is 13.7 Å². The van der Waals surface area contributed by atoms with E-state index in [0.29, 0.717) is 13.2 Å². The van der Waals surface area contributed by atoms with Gasteiger partial charge in [-0.15, -0.1) is 0 Å². The van der Waals surface area contributed by atoms with Gasteiger partial charge in [0.2, 0.25) is 0 Å². The Balaban J connectivity index is 2.07. The minimum Gasteiger partial charge on any atom is -0.496 e. The SMILES string of the molecule is COc1ccc(CCCN)cc1COc1ccc(C(C)(C)C)cc1. The van der Waals surface area contributed by atoms with E-state index < -0.39 is 0 Å². The van der Waals surface area contributed by atoms with Gasteiger partial charge in [-0.05, 0) is 60.2 Å². The van der Waals surface area contributed by atoms with Crippen molar-refractivity contribution in [2.45, 2.75) is 45.6 Å². The number of rotatable bonds is 7. The standard InChI is InChI=1S/C21H29NO2/c1-21(2,3)18-8-10-19(11-9-18)24-15-17-14-16(6-5-13-22)7-12-20(17)23-4/h7-12,14H,5-6,13,15,22H2,1-4H3. The molecular formula is C21H29NO2. The zero-order chi connectivity index (χ0) is 17.6. The highest BCUT2D eigenvalue weighted by molar-refractivity contribution is 5.38. The molecular weight excluding hydrogens is 298 g/mol. The van der Waals surface area contributed by atoms with Crippen LogP contribution >= 0.6 is 0 Å². The summed E-state index contributed by atoms with van der Waals surface area (Å²) >= 11 is 0. The zero-order valence-corrected chi connectivity index (χ0v) is 15.3. The van der Waals surface area contributed by atoms with E-state index in [1.165, 1.54) is 11.1 Å². The molecule has 0 saturated heterocycles. The molecule has 0 aromatic heterocycles. The predicted molar refractivity (Wildman–Crippen MR) is 99.8 cm³/mol. The van der Waals surface area contributed by atoms with Crippen LogP contribution in [0, 0.1) is 0 Å². The molecule has 0 aliphatic rings. The number of benzene rings is 2. The van der Waals surface area contributed by atoms with Crippen molar-refractivity contribution < 1.29 is 9.47 Å². The van der Waals surface area contributed by atoms with Crippen LogP contribution in [0.3, 0.4) is 0 Å². The normalized spacial score (nSPS) is 11.4. The van der Waals surface area contributed by atoms with Crippen LogP contribution < -0.4 is 15.2 Å². The van der Waals surface area contributed by atoms with Crippen LogP contribution in [0.5, 0.6) is 11.5 Å². The van der Waals surface area contributed by atoms with E-state index in [-0.39, 0.29) is 5.41 Å². The molecule has 0 aliphatic heterocycles. The summed E-state index contributed by atoms with van der Waals surface area (Å²) in [7, 11) is 1.69. The van der Waals surface area contributed by atoms with Gasteiger partial charge in [0.1, 0.15) is 18.1 Å². The smallest absolute Gasteiger partial charge is 0.125 e. The largest absolute Gasteiger partial charge is 0.496 e. The Morgan fingerprint density at radius 3 is 2.29 bits per heavy atom. The number of nitrogens with two attached hydrogens (primary N) is 1. The molecule has 24 heavy (non-hydrogen) atoms. The molecule has 3 nitrogen and oxygen atoms in total. The van der Waals surface area contributed by atoms with Crippen LogP contribution in [0.2, 0.25) is 0 Å². The summed E-state index contributed by atoms with van der Waals surface area (Å²) in [4.78, 5) is 0. The summed E-state index contributed by atoms with van der Waals surface area (Å²) in [5.74, 6) is 1.73. The Hall–Kier alpha value is -2.00. The molecule has 0 atom stereocenters. The third-order valence-electron chi connectivity index (χ3n) is 4.13. The Kier molecular flexibility index (Phi) is 6.27. The summed E-state index contributed by atoms with van der Waals surface area (Å²) < 4.78 is 11.4. The van der Waals surface area contributed by atoms with Gasteiger partial charge >= 0.3 is 0 Å². The minimum atomic E-state index is 0.152. The first-order valence-corrected chi connectivity index (χ1v) is 8.53. The van der Waals surface area contributed by atoms with E-state index in [1.807, 2.05) is 18.2 Å². The van der Waals surface area contributed by atoms with Gasteiger partial charge in [-0.25, -0.2) is 0 Å². The topological polar surface area (TPSA) is 44.5 Å². The fraction of sp³-hybridized carbons (Fsp3) is 0.429. The average Bonchev–Trinajstić information content (AvgIpc) is 2.57. The minimum absolute atomic E-state index is 0.152. The lowest BCUT2D eigenvalue weighted by Crippen LogP contribution is -2.10. The molecule has 3 heteroatoms. The van der Waals surface area contributed by atoms with Gasteiger partial charge in [0.05, 0.1) is 7.11 Å². The van der Waals surface area contributed by atoms with E-state index in [1.54, 1.807) is 7.11 Å². The van der Waals surface area contributed by atoms with Gasteiger partial charge in [0.25, 0.3) is 0 Å². The molecule has 0 unspecified atom stereocenters. The summed E-state index contributed by atoms with van der Waals surface area (Å²) in [5.41, 5.74) is 9.38. The first kappa shape index (κ1) is 18.3. The fourth-order valence-electron chi connectivity index (χ4n) is 2.62. The molecule has 2 aromatic carbocycles. The molecule has 130 valence electrons. The molecule has 0 spiro atoms. The Morgan fingerprint density at radius 2 is 1.71 bits per heavy atom. The van der Waals surface area contributed by atoms with Crippen LogP contribution in [-0.2, 0) is 18.4 Å². The summed E-state index contributed by atoms with van der Waals surface area (Å²) in [6, 6.07) is 14.6. The monoisotopic (exact) mass is 327 g/mol. The second kappa shape index (κ2) is 8.20. The lowest BCUT2D eigenvalue weighted by Gasteiger charge is -2.19. The number of hydrogen-bond donors (Lipinski definition) is 1. The van der Waals surface area contributed by atoms with Crippen LogP contribution in [0.4, 0.5) is 0 Å². The molecule has 2 aromatic rings. The number of methoxy groups -OCH3 is 1. The number of hydrogen-bond acceptors (Lipinski definition) is 3. The van der Waals surface area contributed by atoms with Crippen molar-refractivity contribution in [3.63, 3.8) is 0 Å². The molecule has 0 saturated carbocycles. The van der Waals surface area contributed by atoms with Gasteiger partial charge in [-0.2, -0.15) is 0 Å². The van der Waals surface area contributed by atoms with Crippen molar-refractivity contribution in [2.75, 3.05) is 13.7 Å². The van der Waals surface area contributed by atoms with E-state index in [0.717, 1.165) is 29.9 Å². The highest BCUT2D eigenvalue weighted by Crippen LogP contribution is 2.26. The van der Waals surface area contributed by atoms with E-state index in [2.05, 4.69) is 45.0 Å². The number of ether oxygens (including phenoxy) is 2. The van der Waals surface area contributed by atoms with E-state index in [4.69, 9.17) is 15.2 Å². The van der Waals surface area contributed by atoms with Crippen molar-refractivity contribution in [1.82, 2.24) is 0 Å². The molecule has 0 aliphatic carbocycles. The van der Waals surface area contributed by atoms with Gasteiger partial charge in [0, 0.05) is 5.56 Å². The quantitative estimate of drug-likeness (QED) is 0.816. The molecule has 0 radical (unpaired) electrons. The average molecular weight is 327 g/mol. The molecule has 0 fully saturated rings. The second-order valence-corrected chi connectivity index (χ2v) is 7.10. The van der Waals surface area contributed by atoms with Crippen molar-refractivity contribution >= 4 is 0 Å². The van der Waals surface area contributed by atoms with Gasteiger partial charge < -0.3 is 15.2 Å². The van der Waals surface area contributed by atoms with Gasteiger partial charge in [0.15, 0.2) is 0 Å². The zero-order valence-electron chi connectivity index (χ0n) is 15.3. The third-order valence-corrected chi connectivity index (χ3v) is 4.13. The summed E-state index contributed by atoms with van der Waals surface area (Å²) in [5, 5.41) is 0. The Bertz CT molecular complexity index is 642. The highest BCUT2D eigenvalue weighted by Gasteiger charge is 2.13. The Labute approximate surface area is 145 Å². The van der Waals surface area contributed by atoms with Crippen molar-refractivity contribution in [3.8, 4) is 11.5 Å². The molecule has 2 N–H and O–H groups in total. The Morgan fingerprint density at radius 1 is 1.00 bits per heavy atom. The maximum absolute atomic E-state index is 5.96. The lowest BCUT2D eigenvalue weighted by atomic mass is 9.87. The van der Waals surface area contributed by atoms with Crippen LogP contribution in [0.25, 0.3) is 0 Å². The maximum atomic E-state index is 5.96. The second-order valence-electron chi connectivity index (χ2n) is 7.10. The summed E-state index contributed by atoms with van der Waals surface area (Å²) in [6.07, 6.45) is 1.97. The van der Waals surface area contributed by atoms with E-state index >= 15 is 0 Å². The van der Waals surface area contributed by atoms with Crippen LogP contribution in [0.15, 0.2) is 42.5 Å². The van der Waals surface area contributed by atoms with Gasteiger partial charge in [-0.1, -0.05) is 39.0 Å². The molecule has 0 bridgehead atoms. The van der Waals surface area contributed by atoms with Crippen molar-refractivity contribution in [1.29, 1.82) is 0 Å². The third kappa shape index (κ3) is 5.00. The maximum Gasteiger partial charge on any atom is 0.125 e. The van der Waals surface area contributed by atoms with E-state index in [9.17, 15) is 0 Å². The van der Waals surface area contributed by atoms with Crippen molar-refractivity contribution in [2.24, 2.45) is 5.73 Å². The van der Waals surface area contributed by atoms with Crippen LogP contribution in [0.1, 0.15) is 43.9 Å². The number of aryl methyl sites for hydroxylation is 1. The summed E-state index contributed by atoms with van der Waals surface area (Å²) in [6.45, 7) is 7.83. The first-order valence-electron chi connectivity index (χ1n) is 8.53. The predicted octanol–water partition coefficient (Wildman–Crippen LogP) is 4.46. The lowest BCUT2D eigenvalue weighted by molar-refractivity contribution is 0.296. The molecule has 0 amide bonds. The fourth-order valence-corrected chi connectivity index (χ4v) is 2.62. The molecule has 2 rings (SSSR count). The van der Waals surface area contributed by atoms with Gasteiger partial charge in [-0.3, -0.25) is 0 Å². The highest BCUT2D eigenvalue weighted by atomic mass is 16.5. The van der Waals surface area contributed by atoms with Crippen molar-refractivity contribution in [3.05, 3.63) is 59.2 Å².